The van der Waals surface area contributed by atoms with Crippen molar-refractivity contribution in [2.75, 3.05) is 14.2 Å². The van der Waals surface area contributed by atoms with Gasteiger partial charge < -0.3 is 19.5 Å². The van der Waals surface area contributed by atoms with Crippen LogP contribution < -0.4 is 14.9 Å². The van der Waals surface area contributed by atoms with E-state index in [1.54, 1.807) is 14.2 Å². The minimum atomic E-state index is 0.597. The number of nitrogens with one attached hydrogen (secondary N) is 1. The second-order valence-corrected chi connectivity index (χ2v) is 7.25. The highest BCUT2D eigenvalue weighted by Gasteiger charge is 2.11. The maximum atomic E-state index is 5.34. The third-order valence-corrected chi connectivity index (χ3v) is 5.26. The summed E-state index contributed by atoms with van der Waals surface area (Å²) in [5.41, 5.74) is 8.66. The largest absolute Gasteiger partial charge is 0.493 e. The molecular formula is C22H24BrN3O2. The number of rotatable bonds is 7. The molecular weight excluding hydrogens is 418 g/mol. The lowest BCUT2D eigenvalue weighted by Gasteiger charge is -2.11. The fourth-order valence-corrected chi connectivity index (χ4v) is 3.63. The summed E-state index contributed by atoms with van der Waals surface area (Å²) in [6, 6.07) is 16.2. The fraction of sp³-hybridized carbons (Fsp3) is 0.227. The highest BCUT2D eigenvalue weighted by molar-refractivity contribution is 9.10. The van der Waals surface area contributed by atoms with E-state index in [-0.39, 0.29) is 0 Å². The Bertz CT molecular complexity index is 995. The van der Waals surface area contributed by atoms with Gasteiger partial charge in [-0.25, -0.2) is 0 Å². The molecule has 1 aromatic heterocycles. The summed E-state index contributed by atoms with van der Waals surface area (Å²) in [5.74, 6) is 1.43. The van der Waals surface area contributed by atoms with E-state index in [1.165, 1.54) is 0 Å². The number of aromatic nitrogens is 1. The maximum Gasteiger partial charge on any atom is 0.161 e. The van der Waals surface area contributed by atoms with Gasteiger partial charge in [0.1, 0.15) is 0 Å². The van der Waals surface area contributed by atoms with E-state index in [0.717, 1.165) is 32.7 Å². The zero-order chi connectivity index (χ0) is 20.1. The number of aryl methyl sites for hydroxylation is 1. The first-order chi connectivity index (χ1) is 13.5. The van der Waals surface area contributed by atoms with Gasteiger partial charge in [-0.05, 0) is 65.7 Å². The number of para-hydroxylation sites is 1. The van der Waals surface area contributed by atoms with E-state index in [4.69, 9.17) is 9.47 Å². The molecule has 1 N–H and O–H groups in total. The van der Waals surface area contributed by atoms with Crippen molar-refractivity contribution in [2.24, 2.45) is 5.10 Å². The molecule has 0 saturated carbocycles. The number of methoxy groups -OCH3 is 2. The third-order valence-electron chi connectivity index (χ3n) is 4.59. The second-order valence-electron chi connectivity index (χ2n) is 6.40. The van der Waals surface area contributed by atoms with Crippen LogP contribution in [0.2, 0.25) is 0 Å². The van der Waals surface area contributed by atoms with Gasteiger partial charge in [-0.1, -0.05) is 18.2 Å². The van der Waals surface area contributed by atoms with Gasteiger partial charge in [0.25, 0.3) is 0 Å². The molecule has 6 heteroatoms. The van der Waals surface area contributed by atoms with Crippen LogP contribution in [0.4, 0.5) is 0 Å². The number of halogens is 1. The molecule has 0 aliphatic carbocycles. The molecule has 0 unspecified atom stereocenters. The van der Waals surface area contributed by atoms with E-state index >= 15 is 0 Å². The number of nitrogens with zero attached hydrogens (tertiary/aromatic N) is 2. The van der Waals surface area contributed by atoms with Crippen LogP contribution >= 0.6 is 15.9 Å². The molecule has 3 rings (SSSR count). The Labute approximate surface area is 174 Å². The highest BCUT2D eigenvalue weighted by Crippen LogP contribution is 2.28. The molecule has 0 fully saturated rings. The number of benzene rings is 2. The quantitative estimate of drug-likeness (QED) is 0.414. The van der Waals surface area contributed by atoms with Crippen LogP contribution in [-0.2, 0) is 6.54 Å². The molecule has 146 valence electrons. The first-order valence-electron chi connectivity index (χ1n) is 8.95. The van der Waals surface area contributed by atoms with Gasteiger partial charge in [0.15, 0.2) is 11.5 Å². The van der Waals surface area contributed by atoms with Gasteiger partial charge >= 0.3 is 0 Å². The number of ether oxygens (including phenoxy) is 2. The Morgan fingerprint density at radius 3 is 2.50 bits per heavy atom. The van der Waals surface area contributed by atoms with Crippen molar-refractivity contribution in [1.82, 2.24) is 9.99 Å². The lowest BCUT2D eigenvalue weighted by molar-refractivity contribution is 0.354. The molecule has 0 atom stereocenters. The third kappa shape index (κ3) is 4.22. The molecule has 0 bridgehead atoms. The Morgan fingerprint density at radius 2 is 1.79 bits per heavy atom. The molecule has 0 aliphatic rings. The van der Waals surface area contributed by atoms with Gasteiger partial charge in [0, 0.05) is 21.4 Å². The normalized spacial score (nSPS) is 11.0. The molecule has 5 nitrogen and oxygen atoms in total. The summed E-state index contributed by atoms with van der Waals surface area (Å²) in [4.78, 5) is 0. The van der Waals surface area contributed by atoms with Gasteiger partial charge in [0.2, 0.25) is 0 Å². The molecule has 0 aliphatic heterocycles. The summed E-state index contributed by atoms with van der Waals surface area (Å²) in [6.45, 7) is 4.79. The van der Waals surface area contributed by atoms with Crippen LogP contribution in [0.15, 0.2) is 58.1 Å². The second kappa shape index (κ2) is 8.97. The molecule has 3 aromatic rings. The van der Waals surface area contributed by atoms with Crippen molar-refractivity contribution < 1.29 is 9.47 Å². The lowest BCUT2D eigenvalue weighted by atomic mass is 10.2. The average Bonchev–Trinajstić information content (AvgIpc) is 2.98. The maximum absolute atomic E-state index is 5.34. The minimum absolute atomic E-state index is 0.597. The van der Waals surface area contributed by atoms with E-state index in [2.05, 4.69) is 57.0 Å². The number of hydrogen-bond donors (Lipinski definition) is 1. The molecule has 28 heavy (non-hydrogen) atoms. The van der Waals surface area contributed by atoms with E-state index in [1.807, 2.05) is 42.6 Å². The average molecular weight is 442 g/mol. The van der Waals surface area contributed by atoms with E-state index in [9.17, 15) is 0 Å². The van der Waals surface area contributed by atoms with Gasteiger partial charge in [0.05, 0.1) is 32.7 Å². The molecule has 0 amide bonds. The fourth-order valence-electron chi connectivity index (χ4n) is 3.16. The Morgan fingerprint density at radius 1 is 1.04 bits per heavy atom. The van der Waals surface area contributed by atoms with E-state index < -0.39 is 0 Å². The predicted octanol–water partition coefficient (Wildman–Crippen LogP) is 5.00. The number of hydrogen-bond acceptors (Lipinski definition) is 4. The highest BCUT2D eigenvalue weighted by atomic mass is 79.9. The van der Waals surface area contributed by atoms with Crippen molar-refractivity contribution in [1.29, 1.82) is 0 Å². The first kappa shape index (κ1) is 20.0. The predicted molar refractivity (Wildman–Crippen MR) is 117 cm³/mol. The number of hydrazone groups is 1. The summed E-state index contributed by atoms with van der Waals surface area (Å²) in [5, 5.41) is 4.39. The molecule has 0 spiro atoms. The Kier molecular flexibility index (Phi) is 6.41. The first-order valence-corrected chi connectivity index (χ1v) is 9.75. The Balaban J connectivity index is 1.72. The van der Waals surface area contributed by atoms with Crippen molar-refractivity contribution in [3.63, 3.8) is 0 Å². The van der Waals surface area contributed by atoms with Crippen molar-refractivity contribution in [3.8, 4) is 17.2 Å². The zero-order valence-corrected chi connectivity index (χ0v) is 18.1. The molecule has 0 radical (unpaired) electrons. The zero-order valence-electron chi connectivity index (χ0n) is 16.5. The molecule has 1 heterocycles. The van der Waals surface area contributed by atoms with E-state index in [0.29, 0.717) is 18.0 Å². The van der Waals surface area contributed by atoms with Crippen molar-refractivity contribution in [2.45, 2.75) is 20.4 Å². The monoisotopic (exact) mass is 441 g/mol. The SMILES string of the molecule is COc1ccc(CN/N=C\c2cc(C)n(-c3ccccc3Br)c2C)cc1OC. The standard InChI is InChI=1S/C22H24BrN3O2/c1-15-11-18(16(2)26(15)20-8-6-5-7-19(20)23)14-25-24-13-17-9-10-21(27-3)22(12-17)28-4/h5-12,14,24H,13H2,1-4H3/b25-14-. The lowest BCUT2D eigenvalue weighted by Crippen LogP contribution is -2.06. The smallest absolute Gasteiger partial charge is 0.161 e. The van der Waals surface area contributed by atoms with Crippen LogP contribution in [0.3, 0.4) is 0 Å². The Hall–Kier alpha value is -2.73. The summed E-state index contributed by atoms with van der Waals surface area (Å²) < 4.78 is 13.9. The van der Waals surface area contributed by atoms with Crippen LogP contribution in [0.1, 0.15) is 22.5 Å². The van der Waals surface area contributed by atoms with Crippen LogP contribution in [0.25, 0.3) is 5.69 Å². The summed E-state index contributed by atoms with van der Waals surface area (Å²) in [6.07, 6.45) is 1.86. The van der Waals surface area contributed by atoms with Gasteiger partial charge in [-0.2, -0.15) is 5.10 Å². The van der Waals surface area contributed by atoms with Gasteiger partial charge in [-0.3, -0.25) is 0 Å². The summed E-state index contributed by atoms with van der Waals surface area (Å²) in [7, 11) is 3.26. The molecule has 0 saturated heterocycles. The van der Waals surface area contributed by atoms with Gasteiger partial charge in [-0.15, -0.1) is 0 Å². The van der Waals surface area contributed by atoms with Crippen molar-refractivity contribution >= 4 is 22.1 Å². The molecule has 2 aromatic carbocycles. The topological polar surface area (TPSA) is 47.8 Å². The van der Waals surface area contributed by atoms with Crippen LogP contribution in [0, 0.1) is 13.8 Å². The van der Waals surface area contributed by atoms with Crippen molar-refractivity contribution in [3.05, 3.63) is 75.5 Å². The van der Waals surface area contributed by atoms with Crippen LogP contribution in [0.5, 0.6) is 11.5 Å². The van der Waals surface area contributed by atoms with Crippen LogP contribution in [-0.4, -0.2) is 25.0 Å². The summed E-state index contributed by atoms with van der Waals surface area (Å²) >= 11 is 3.64. The minimum Gasteiger partial charge on any atom is -0.493 e.